The van der Waals surface area contributed by atoms with E-state index in [1.54, 1.807) is 25.4 Å². The van der Waals surface area contributed by atoms with Crippen molar-refractivity contribution < 1.29 is 14.3 Å². The van der Waals surface area contributed by atoms with Gasteiger partial charge in [-0.1, -0.05) is 24.3 Å². The highest BCUT2D eigenvalue weighted by molar-refractivity contribution is 5.95. The minimum atomic E-state index is 0.0314. The van der Waals surface area contributed by atoms with E-state index >= 15 is 0 Å². The van der Waals surface area contributed by atoms with E-state index < -0.39 is 0 Å². The van der Waals surface area contributed by atoms with Crippen LogP contribution >= 0.6 is 0 Å². The first-order valence-electron chi connectivity index (χ1n) is 12.0. The molecule has 1 fully saturated rings. The van der Waals surface area contributed by atoms with Gasteiger partial charge in [-0.15, -0.1) is 0 Å². The van der Waals surface area contributed by atoms with Crippen molar-refractivity contribution in [2.24, 2.45) is 5.92 Å². The fourth-order valence-corrected chi connectivity index (χ4v) is 4.81. The SMILES string of the molecule is COc1cc(C(=O)N2CCCC(Cc3cccc4ncccc34)C2)ccc1OCc1ccccn1. The topological polar surface area (TPSA) is 64.5 Å². The molecular weight excluding hydrogens is 438 g/mol. The van der Waals surface area contributed by atoms with E-state index in [1.807, 2.05) is 47.5 Å². The van der Waals surface area contributed by atoms with Gasteiger partial charge in [0.2, 0.25) is 0 Å². The zero-order chi connectivity index (χ0) is 24.0. The largest absolute Gasteiger partial charge is 0.493 e. The number of methoxy groups -OCH3 is 1. The lowest BCUT2D eigenvalue weighted by Crippen LogP contribution is -2.40. The van der Waals surface area contributed by atoms with E-state index in [4.69, 9.17) is 9.47 Å². The van der Waals surface area contributed by atoms with Crippen molar-refractivity contribution in [1.82, 2.24) is 14.9 Å². The maximum atomic E-state index is 13.4. The molecule has 178 valence electrons. The van der Waals surface area contributed by atoms with Gasteiger partial charge < -0.3 is 14.4 Å². The fraction of sp³-hybridized carbons (Fsp3) is 0.276. The minimum Gasteiger partial charge on any atom is -0.493 e. The minimum absolute atomic E-state index is 0.0314. The van der Waals surface area contributed by atoms with Gasteiger partial charge in [0.1, 0.15) is 6.61 Å². The molecule has 0 bridgehead atoms. The number of hydrogen-bond acceptors (Lipinski definition) is 5. The highest BCUT2D eigenvalue weighted by Gasteiger charge is 2.26. The van der Waals surface area contributed by atoms with Crippen molar-refractivity contribution in [2.45, 2.75) is 25.9 Å². The Labute approximate surface area is 205 Å². The number of pyridine rings is 2. The summed E-state index contributed by atoms with van der Waals surface area (Å²) in [5, 5.41) is 1.20. The normalized spacial score (nSPS) is 15.7. The number of piperidine rings is 1. The Bertz CT molecular complexity index is 1300. The van der Waals surface area contributed by atoms with Crippen LogP contribution in [0.3, 0.4) is 0 Å². The Balaban J connectivity index is 1.27. The molecule has 0 saturated carbocycles. The number of carbonyl (C=O) groups excluding carboxylic acids is 1. The molecule has 6 nitrogen and oxygen atoms in total. The number of hydrogen-bond donors (Lipinski definition) is 0. The monoisotopic (exact) mass is 467 g/mol. The third-order valence-corrected chi connectivity index (χ3v) is 6.56. The molecule has 1 atom stereocenters. The zero-order valence-corrected chi connectivity index (χ0v) is 19.9. The molecule has 6 heteroatoms. The molecule has 0 aliphatic carbocycles. The number of ether oxygens (including phenoxy) is 2. The average Bonchev–Trinajstić information content (AvgIpc) is 2.92. The first-order chi connectivity index (χ1) is 17.2. The number of likely N-dealkylation sites (tertiary alicyclic amines) is 1. The molecule has 3 heterocycles. The van der Waals surface area contributed by atoms with Crippen LogP contribution in [0.4, 0.5) is 0 Å². The number of amides is 1. The van der Waals surface area contributed by atoms with Gasteiger partial charge in [-0.05, 0) is 73.2 Å². The Morgan fingerprint density at radius 2 is 1.91 bits per heavy atom. The second-order valence-corrected chi connectivity index (χ2v) is 8.93. The summed E-state index contributed by atoms with van der Waals surface area (Å²) in [5.41, 5.74) is 3.76. The van der Waals surface area contributed by atoms with Crippen molar-refractivity contribution >= 4 is 16.8 Å². The van der Waals surface area contributed by atoms with Crippen molar-refractivity contribution in [2.75, 3.05) is 20.2 Å². The van der Waals surface area contributed by atoms with Gasteiger partial charge in [0.15, 0.2) is 11.5 Å². The number of rotatable bonds is 7. The molecule has 2 aromatic carbocycles. The summed E-state index contributed by atoms with van der Waals surface area (Å²) in [6.45, 7) is 1.85. The number of benzene rings is 2. The Hall–Kier alpha value is -3.93. The second kappa shape index (κ2) is 10.6. The zero-order valence-electron chi connectivity index (χ0n) is 19.9. The number of carbonyl (C=O) groups is 1. The lowest BCUT2D eigenvalue weighted by molar-refractivity contribution is 0.0673. The smallest absolute Gasteiger partial charge is 0.254 e. The van der Waals surface area contributed by atoms with Crippen LogP contribution in [0.5, 0.6) is 11.5 Å². The second-order valence-electron chi connectivity index (χ2n) is 8.93. The molecule has 2 aromatic heterocycles. The van der Waals surface area contributed by atoms with E-state index in [1.165, 1.54) is 10.9 Å². The van der Waals surface area contributed by atoms with Crippen molar-refractivity contribution in [3.8, 4) is 11.5 Å². The third kappa shape index (κ3) is 5.27. The van der Waals surface area contributed by atoms with Crippen LogP contribution in [0, 0.1) is 5.92 Å². The van der Waals surface area contributed by atoms with Crippen LogP contribution < -0.4 is 9.47 Å². The number of fused-ring (bicyclic) bond motifs is 1. The van der Waals surface area contributed by atoms with E-state index in [0.717, 1.165) is 43.6 Å². The van der Waals surface area contributed by atoms with Crippen molar-refractivity contribution in [3.05, 3.63) is 95.9 Å². The van der Waals surface area contributed by atoms with E-state index in [0.29, 0.717) is 29.6 Å². The summed E-state index contributed by atoms with van der Waals surface area (Å²) in [6.07, 6.45) is 6.62. The lowest BCUT2D eigenvalue weighted by Gasteiger charge is -2.33. The van der Waals surface area contributed by atoms with Crippen LogP contribution in [0.1, 0.15) is 34.5 Å². The molecule has 0 radical (unpaired) electrons. The standard InChI is InChI=1S/C29H29N3O3/c1-34-28-18-23(12-13-27(28)35-20-24-9-2-3-14-30-24)29(33)32-16-6-7-21(19-32)17-22-8-4-11-26-25(22)10-5-15-31-26/h2-5,8-15,18,21H,6-7,16-17,19-20H2,1H3. The summed E-state index contributed by atoms with van der Waals surface area (Å²) in [5.74, 6) is 1.59. The van der Waals surface area contributed by atoms with Crippen LogP contribution in [-0.2, 0) is 13.0 Å². The van der Waals surface area contributed by atoms with E-state index in [-0.39, 0.29) is 5.91 Å². The molecule has 5 rings (SSSR count). The molecular formula is C29H29N3O3. The predicted molar refractivity (Wildman–Crippen MR) is 136 cm³/mol. The number of aromatic nitrogens is 2. The van der Waals surface area contributed by atoms with Crippen molar-refractivity contribution in [3.63, 3.8) is 0 Å². The van der Waals surface area contributed by atoms with Gasteiger partial charge in [-0.3, -0.25) is 14.8 Å². The van der Waals surface area contributed by atoms with Crippen LogP contribution in [-0.4, -0.2) is 41.0 Å². The van der Waals surface area contributed by atoms with Crippen LogP contribution in [0.25, 0.3) is 10.9 Å². The highest BCUT2D eigenvalue weighted by Crippen LogP contribution is 2.31. The summed E-state index contributed by atoms with van der Waals surface area (Å²) >= 11 is 0. The average molecular weight is 468 g/mol. The number of nitrogens with zero attached hydrogens (tertiary/aromatic N) is 3. The van der Waals surface area contributed by atoms with Gasteiger partial charge in [-0.25, -0.2) is 0 Å². The van der Waals surface area contributed by atoms with Crippen LogP contribution in [0.2, 0.25) is 0 Å². The molecule has 1 amide bonds. The Kier molecular flexibility index (Phi) is 6.89. The van der Waals surface area contributed by atoms with Gasteiger partial charge in [0, 0.05) is 36.4 Å². The van der Waals surface area contributed by atoms with Crippen LogP contribution in [0.15, 0.2) is 79.1 Å². The highest BCUT2D eigenvalue weighted by atomic mass is 16.5. The van der Waals surface area contributed by atoms with E-state index in [9.17, 15) is 4.79 Å². The molecule has 1 aliphatic heterocycles. The fourth-order valence-electron chi connectivity index (χ4n) is 4.81. The molecule has 1 aliphatic rings. The van der Waals surface area contributed by atoms with Gasteiger partial charge >= 0.3 is 0 Å². The van der Waals surface area contributed by atoms with Gasteiger partial charge in [-0.2, -0.15) is 0 Å². The predicted octanol–water partition coefficient (Wildman–Crippen LogP) is 5.31. The van der Waals surface area contributed by atoms with Crippen molar-refractivity contribution in [1.29, 1.82) is 0 Å². The summed E-state index contributed by atoms with van der Waals surface area (Å²) < 4.78 is 11.4. The quantitative estimate of drug-likeness (QED) is 0.368. The first-order valence-corrected chi connectivity index (χ1v) is 12.0. The summed E-state index contributed by atoms with van der Waals surface area (Å²) in [6, 6.07) is 21.5. The lowest BCUT2D eigenvalue weighted by atomic mass is 9.89. The molecule has 1 unspecified atom stereocenters. The van der Waals surface area contributed by atoms with E-state index in [2.05, 4.69) is 28.2 Å². The Morgan fingerprint density at radius 3 is 2.77 bits per heavy atom. The Morgan fingerprint density at radius 1 is 1.00 bits per heavy atom. The molecule has 35 heavy (non-hydrogen) atoms. The molecule has 0 N–H and O–H groups in total. The molecule has 1 saturated heterocycles. The summed E-state index contributed by atoms with van der Waals surface area (Å²) in [4.78, 5) is 24.1. The third-order valence-electron chi connectivity index (χ3n) is 6.56. The first kappa shape index (κ1) is 22.8. The van der Waals surface area contributed by atoms with Gasteiger partial charge in [0.25, 0.3) is 5.91 Å². The maximum absolute atomic E-state index is 13.4. The van der Waals surface area contributed by atoms with Gasteiger partial charge in [0.05, 0.1) is 18.3 Å². The molecule has 4 aromatic rings. The maximum Gasteiger partial charge on any atom is 0.254 e. The molecule has 0 spiro atoms. The summed E-state index contributed by atoms with van der Waals surface area (Å²) in [7, 11) is 1.59.